The minimum Gasteiger partial charge on any atom is -0.316 e. The van der Waals surface area contributed by atoms with Crippen molar-refractivity contribution < 1.29 is 8.42 Å². The summed E-state index contributed by atoms with van der Waals surface area (Å²) >= 11 is 5.76. The highest BCUT2D eigenvalue weighted by Crippen LogP contribution is 2.25. The van der Waals surface area contributed by atoms with Crippen LogP contribution < -0.4 is 10.0 Å². The molecule has 2 N–H and O–H groups in total. The first kappa shape index (κ1) is 17.7. The molecule has 0 bridgehead atoms. The number of rotatable bonds is 4. The lowest BCUT2D eigenvalue weighted by Crippen LogP contribution is -2.45. The van der Waals surface area contributed by atoms with Gasteiger partial charge >= 0.3 is 0 Å². The molecule has 0 aromatic heterocycles. The SMILES string of the molecule is CC1(CNS(=O)(=O)c2ccc(Cl)cc2)CCCNC1.Cl. The Morgan fingerprint density at radius 3 is 2.55 bits per heavy atom. The van der Waals surface area contributed by atoms with Crippen LogP contribution in [0, 0.1) is 5.41 Å². The van der Waals surface area contributed by atoms with Crippen LogP contribution in [-0.4, -0.2) is 28.1 Å². The molecule has 20 heavy (non-hydrogen) atoms. The minimum absolute atomic E-state index is 0. The maximum absolute atomic E-state index is 12.2. The normalized spacial score (nSPS) is 23.1. The summed E-state index contributed by atoms with van der Waals surface area (Å²) in [4.78, 5) is 0.254. The molecule has 0 spiro atoms. The molecule has 0 amide bonds. The van der Waals surface area contributed by atoms with Crippen LogP contribution in [0.5, 0.6) is 0 Å². The predicted molar refractivity (Wildman–Crippen MR) is 84.1 cm³/mol. The number of nitrogens with one attached hydrogen (secondary N) is 2. The van der Waals surface area contributed by atoms with E-state index in [-0.39, 0.29) is 22.7 Å². The van der Waals surface area contributed by atoms with E-state index in [1.807, 2.05) is 0 Å². The Hall–Kier alpha value is -0.330. The molecule has 1 aromatic carbocycles. The van der Waals surface area contributed by atoms with E-state index in [0.717, 1.165) is 25.9 Å². The molecular weight excluding hydrogens is 319 g/mol. The number of hydrogen-bond donors (Lipinski definition) is 2. The summed E-state index contributed by atoms with van der Waals surface area (Å²) in [7, 11) is -3.45. The van der Waals surface area contributed by atoms with Crippen LogP contribution in [0.25, 0.3) is 0 Å². The maximum Gasteiger partial charge on any atom is 0.240 e. The fraction of sp³-hybridized carbons (Fsp3) is 0.538. The van der Waals surface area contributed by atoms with E-state index in [2.05, 4.69) is 17.0 Å². The predicted octanol–water partition coefficient (Wildman–Crippen LogP) is 2.43. The molecule has 0 radical (unpaired) electrons. The van der Waals surface area contributed by atoms with Crippen molar-refractivity contribution in [2.45, 2.75) is 24.7 Å². The van der Waals surface area contributed by atoms with Crippen LogP contribution in [0.15, 0.2) is 29.2 Å². The molecule has 114 valence electrons. The second kappa shape index (κ2) is 7.09. The van der Waals surface area contributed by atoms with Crippen LogP contribution in [0.2, 0.25) is 5.02 Å². The summed E-state index contributed by atoms with van der Waals surface area (Å²) in [6.45, 7) is 4.41. The molecule has 1 unspecified atom stereocenters. The minimum atomic E-state index is -3.45. The van der Waals surface area contributed by atoms with Gasteiger partial charge in [-0.1, -0.05) is 18.5 Å². The van der Waals surface area contributed by atoms with Gasteiger partial charge in [0, 0.05) is 18.1 Å². The summed E-state index contributed by atoms with van der Waals surface area (Å²) in [6, 6.07) is 6.21. The molecule has 1 saturated heterocycles. The summed E-state index contributed by atoms with van der Waals surface area (Å²) in [5, 5.41) is 3.84. The van der Waals surface area contributed by atoms with Crippen molar-refractivity contribution in [1.29, 1.82) is 0 Å². The number of benzene rings is 1. The molecular formula is C13H20Cl2N2O2S. The highest BCUT2D eigenvalue weighted by molar-refractivity contribution is 7.89. The zero-order chi connectivity index (χ0) is 13.9. The third-order valence-electron chi connectivity index (χ3n) is 3.50. The van der Waals surface area contributed by atoms with Gasteiger partial charge in [0.1, 0.15) is 0 Å². The van der Waals surface area contributed by atoms with E-state index in [4.69, 9.17) is 11.6 Å². The zero-order valence-corrected chi connectivity index (χ0v) is 13.7. The van der Waals surface area contributed by atoms with Gasteiger partial charge in [-0.2, -0.15) is 0 Å². The molecule has 0 aliphatic carbocycles. The molecule has 1 aliphatic rings. The molecule has 0 saturated carbocycles. The lowest BCUT2D eigenvalue weighted by Gasteiger charge is -2.34. The molecule has 1 aliphatic heterocycles. The number of hydrogen-bond acceptors (Lipinski definition) is 3. The first-order valence-electron chi connectivity index (χ1n) is 6.37. The second-order valence-corrected chi connectivity index (χ2v) is 7.57. The van der Waals surface area contributed by atoms with Gasteiger partial charge in [-0.25, -0.2) is 13.1 Å². The molecule has 1 fully saturated rings. The van der Waals surface area contributed by atoms with Crippen molar-refractivity contribution in [3.05, 3.63) is 29.3 Å². The van der Waals surface area contributed by atoms with Crippen LogP contribution in [-0.2, 0) is 10.0 Å². The van der Waals surface area contributed by atoms with E-state index in [0.29, 0.717) is 11.6 Å². The highest BCUT2D eigenvalue weighted by Gasteiger charge is 2.28. The monoisotopic (exact) mass is 338 g/mol. The molecule has 1 heterocycles. The Morgan fingerprint density at radius 2 is 2.00 bits per heavy atom. The summed E-state index contributed by atoms with van der Waals surface area (Å²) < 4.78 is 27.0. The summed E-state index contributed by atoms with van der Waals surface area (Å²) in [6.07, 6.45) is 2.11. The van der Waals surface area contributed by atoms with Crippen LogP contribution >= 0.6 is 24.0 Å². The second-order valence-electron chi connectivity index (χ2n) is 5.37. The van der Waals surface area contributed by atoms with Crippen LogP contribution in [0.3, 0.4) is 0 Å². The van der Waals surface area contributed by atoms with E-state index in [9.17, 15) is 8.42 Å². The zero-order valence-electron chi connectivity index (χ0n) is 11.4. The van der Waals surface area contributed by atoms with Crippen LogP contribution in [0.1, 0.15) is 19.8 Å². The molecule has 7 heteroatoms. The van der Waals surface area contributed by atoms with Gasteiger partial charge in [0.2, 0.25) is 10.0 Å². The van der Waals surface area contributed by atoms with E-state index >= 15 is 0 Å². The molecule has 1 atom stereocenters. The van der Waals surface area contributed by atoms with Crippen molar-refractivity contribution in [1.82, 2.24) is 10.0 Å². The Labute approximate surface area is 131 Å². The van der Waals surface area contributed by atoms with Crippen molar-refractivity contribution in [3.63, 3.8) is 0 Å². The van der Waals surface area contributed by atoms with Crippen molar-refractivity contribution in [3.8, 4) is 0 Å². The van der Waals surface area contributed by atoms with Gasteiger partial charge in [-0.15, -0.1) is 12.4 Å². The lowest BCUT2D eigenvalue weighted by molar-refractivity contribution is 0.238. The number of sulfonamides is 1. The Bertz CT molecular complexity index is 526. The summed E-state index contributed by atoms with van der Waals surface area (Å²) in [5.74, 6) is 0. The van der Waals surface area contributed by atoms with Gasteiger partial charge in [0.25, 0.3) is 0 Å². The van der Waals surface area contributed by atoms with E-state index < -0.39 is 10.0 Å². The van der Waals surface area contributed by atoms with Gasteiger partial charge < -0.3 is 5.32 Å². The first-order chi connectivity index (χ1) is 8.91. The Morgan fingerprint density at radius 1 is 1.35 bits per heavy atom. The van der Waals surface area contributed by atoms with E-state index in [1.54, 1.807) is 12.1 Å². The van der Waals surface area contributed by atoms with Gasteiger partial charge in [0.15, 0.2) is 0 Å². The van der Waals surface area contributed by atoms with Gasteiger partial charge in [-0.3, -0.25) is 0 Å². The van der Waals surface area contributed by atoms with E-state index in [1.165, 1.54) is 12.1 Å². The molecule has 4 nitrogen and oxygen atoms in total. The topological polar surface area (TPSA) is 58.2 Å². The van der Waals surface area contributed by atoms with Crippen LogP contribution in [0.4, 0.5) is 0 Å². The number of piperidine rings is 1. The van der Waals surface area contributed by atoms with Gasteiger partial charge in [-0.05, 0) is 49.1 Å². The Balaban J connectivity index is 0.00000200. The Kier molecular flexibility index (Phi) is 6.28. The lowest BCUT2D eigenvalue weighted by atomic mass is 9.83. The molecule has 1 aromatic rings. The first-order valence-corrected chi connectivity index (χ1v) is 8.23. The smallest absolute Gasteiger partial charge is 0.240 e. The molecule has 2 rings (SSSR count). The summed E-state index contributed by atoms with van der Waals surface area (Å²) in [5.41, 5.74) is -0.0161. The average molecular weight is 339 g/mol. The van der Waals surface area contributed by atoms with Gasteiger partial charge in [0.05, 0.1) is 4.90 Å². The van der Waals surface area contributed by atoms with Crippen molar-refractivity contribution >= 4 is 34.0 Å². The maximum atomic E-state index is 12.2. The third-order valence-corrected chi connectivity index (χ3v) is 5.17. The van der Waals surface area contributed by atoms with Crippen molar-refractivity contribution in [2.75, 3.05) is 19.6 Å². The average Bonchev–Trinajstić information content (AvgIpc) is 2.38. The fourth-order valence-electron chi connectivity index (χ4n) is 2.24. The fourth-order valence-corrected chi connectivity index (χ4v) is 3.56. The van der Waals surface area contributed by atoms with Crippen molar-refractivity contribution in [2.24, 2.45) is 5.41 Å². The standard InChI is InChI=1S/C13H19ClN2O2S.ClH/c1-13(7-2-8-15-9-13)10-16-19(17,18)12-5-3-11(14)4-6-12;/h3-6,15-16H,2,7-10H2,1H3;1H. The number of halogens is 2. The highest BCUT2D eigenvalue weighted by atomic mass is 35.5. The third kappa shape index (κ3) is 4.60. The quantitative estimate of drug-likeness (QED) is 0.886. The largest absolute Gasteiger partial charge is 0.316 e.